The van der Waals surface area contributed by atoms with Crippen LogP contribution in [0.1, 0.15) is 6.92 Å². The second-order valence-corrected chi connectivity index (χ2v) is 3.79. The van der Waals surface area contributed by atoms with Gasteiger partial charge in [0.15, 0.2) is 11.5 Å². The van der Waals surface area contributed by atoms with Crippen molar-refractivity contribution in [2.75, 3.05) is 26.6 Å². The fourth-order valence-electron chi connectivity index (χ4n) is 1.60. The van der Waals surface area contributed by atoms with Gasteiger partial charge in [-0.05, 0) is 19.1 Å². The highest BCUT2D eigenvalue weighted by atomic mass is 16.5. The fraction of sp³-hybridized carbons (Fsp3) is 0.308. The van der Waals surface area contributed by atoms with Crippen LogP contribution in [0.2, 0.25) is 0 Å². The Labute approximate surface area is 121 Å². The van der Waals surface area contributed by atoms with Gasteiger partial charge in [0.2, 0.25) is 11.7 Å². The maximum atomic E-state index is 5.62. The van der Waals surface area contributed by atoms with Gasteiger partial charge in [-0.25, -0.2) is 0 Å². The number of rotatable bonds is 6. The minimum atomic E-state index is -0.00579. The van der Waals surface area contributed by atoms with E-state index in [0.717, 1.165) is 0 Å². The van der Waals surface area contributed by atoms with Crippen LogP contribution in [0.3, 0.4) is 0 Å². The molecule has 0 radical (unpaired) electrons. The van der Waals surface area contributed by atoms with Crippen LogP contribution in [0.5, 0.6) is 29.3 Å². The Hall–Kier alpha value is -2.77. The summed E-state index contributed by atoms with van der Waals surface area (Å²) in [7, 11) is 3.05. The minimum absolute atomic E-state index is 0.00249. The maximum Gasteiger partial charge on any atom is 0.330 e. The summed E-state index contributed by atoms with van der Waals surface area (Å²) in [6.07, 6.45) is 0. The quantitative estimate of drug-likeness (QED) is 0.857. The molecule has 0 atom stereocenters. The molecule has 0 bridgehead atoms. The molecule has 1 heterocycles. The zero-order chi connectivity index (χ0) is 15.2. The maximum absolute atomic E-state index is 5.62. The van der Waals surface area contributed by atoms with E-state index in [1.54, 1.807) is 18.2 Å². The highest BCUT2D eigenvalue weighted by Gasteiger charge is 2.15. The van der Waals surface area contributed by atoms with Gasteiger partial charge >= 0.3 is 12.0 Å². The second kappa shape index (κ2) is 6.60. The largest absolute Gasteiger partial charge is 0.493 e. The first-order valence-corrected chi connectivity index (χ1v) is 6.21. The zero-order valence-corrected chi connectivity index (χ0v) is 12.0. The number of nitrogen functional groups attached to an aromatic ring is 1. The predicted molar refractivity (Wildman–Crippen MR) is 75.0 cm³/mol. The number of para-hydroxylation sites is 1. The van der Waals surface area contributed by atoms with Crippen LogP contribution in [-0.2, 0) is 0 Å². The van der Waals surface area contributed by atoms with Gasteiger partial charge in [-0.1, -0.05) is 6.07 Å². The van der Waals surface area contributed by atoms with Crippen molar-refractivity contribution in [2.45, 2.75) is 6.92 Å². The van der Waals surface area contributed by atoms with E-state index < -0.39 is 0 Å². The molecule has 0 saturated carbocycles. The monoisotopic (exact) mass is 292 g/mol. The molecular weight excluding hydrogens is 276 g/mol. The van der Waals surface area contributed by atoms with E-state index in [1.807, 2.05) is 6.92 Å². The molecule has 112 valence electrons. The Morgan fingerprint density at radius 2 is 1.62 bits per heavy atom. The Balaban J connectivity index is 2.37. The molecule has 8 heteroatoms. The van der Waals surface area contributed by atoms with Crippen molar-refractivity contribution in [1.29, 1.82) is 0 Å². The third kappa shape index (κ3) is 3.41. The van der Waals surface area contributed by atoms with E-state index in [1.165, 1.54) is 14.2 Å². The van der Waals surface area contributed by atoms with Gasteiger partial charge in [0.05, 0.1) is 20.8 Å². The van der Waals surface area contributed by atoms with E-state index in [2.05, 4.69) is 15.0 Å². The molecule has 0 amide bonds. The van der Waals surface area contributed by atoms with Crippen molar-refractivity contribution in [3.05, 3.63) is 18.2 Å². The number of benzene rings is 1. The molecule has 21 heavy (non-hydrogen) atoms. The van der Waals surface area contributed by atoms with Crippen molar-refractivity contribution in [1.82, 2.24) is 15.0 Å². The molecule has 1 aromatic heterocycles. The lowest BCUT2D eigenvalue weighted by Gasteiger charge is -2.13. The average molecular weight is 292 g/mol. The molecule has 0 aliphatic carbocycles. The van der Waals surface area contributed by atoms with Crippen LogP contribution in [0, 0.1) is 0 Å². The summed E-state index contributed by atoms with van der Waals surface area (Å²) in [5.74, 6) is 1.30. The van der Waals surface area contributed by atoms with Gasteiger partial charge in [-0.15, -0.1) is 4.98 Å². The summed E-state index contributed by atoms with van der Waals surface area (Å²) in [6, 6.07) is 5.32. The molecule has 0 aliphatic heterocycles. The number of hydrogen-bond acceptors (Lipinski definition) is 8. The number of aromatic nitrogens is 3. The van der Waals surface area contributed by atoms with Crippen molar-refractivity contribution >= 4 is 5.95 Å². The smallest absolute Gasteiger partial charge is 0.330 e. The van der Waals surface area contributed by atoms with E-state index in [9.17, 15) is 0 Å². The average Bonchev–Trinajstić information content (AvgIpc) is 2.47. The van der Waals surface area contributed by atoms with E-state index in [4.69, 9.17) is 24.7 Å². The van der Waals surface area contributed by atoms with Gasteiger partial charge in [0.1, 0.15) is 0 Å². The molecule has 2 rings (SSSR count). The summed E-state index contributed by atoms with van der Waals surface area (Å²) in [4.78, 5) is 11.8. The topological polar surface area (TPSA) is 102 Å². The van der Waals surface area contributed by atoms with Crippen LogP contribution in [0.25, 0.3) is 0 Å². The first kappa shape index (κ1) is 14.6. The molecule has 8 nitrogen and oxygen atoms in total. The van der Waals surface area contributed by atoms with Gasteiger partial charge in [-0.3, -0.25) is 0 Å². The molecule has 0 aliphatic rings. The second-order valence-electron chi connectivity index (χ2n) is 3.79. The lowest BCUT2D eigenvalue weighted by atomic mass is 10.3. The zero-order valence-electron chi connectivity index (χ0n) is 12.0. The Morgan fingerprint density at radius 1 is 1.00 bits per heavy atom. The molecule has 2 N–H and O–H groups in total. The fourth-order valence-corrected chi connectivity index (χ4v) is 1.60. The van der Waals surface area contributed by atoms with Crippen molar-refractivity contribution < 1.29 is 18.9 Å². The van der Waals surface area contributed by atoms with E-state index in [0.29, 0.717) is 23.9 Å². The van der Waals surface area contributed by atoms with Crippen LogP contribution >= 0.6 is 0 Å². The van der Waals surface area contributed by atoms with Crippen molar-refractivity contribution in [2.24, 2.45) is 0 Å². The molecule has 0 fully saturated rings. The summed E-state index contributed by atoms with van der Waals surface area (Å²) in [6.45, 7) is 2.21. The standard InChI is InChI=1S/C13H16N4O4/c1-4-20-12-15-11(14)16-13(17-12)21-10-8(18-2)6-5-7-9(10)19-3/h5-7H,4H2,1-3H3,(H2,14,15,16,17). The third-order valence-corrected chi connectivity index (χ3v) is 2.46. The Bertz CT molecular complexity index is 599. The molecule has 2 aromatic rings. The number of nitrogens with two attached hydrogens (primary N) is 1. The van der Waals surface area contributed by atoms with Gasteiger partial charge in [0, 0.05) is 0 Å². The SMILES string of the molecule is CCOc1nc(N)nc(Oc2c(OC)cccc2OC)n1. The molecular formula is C13H16N4O4. The number of ether oxygens (including phenoxy) is 4. The van der Waals surface area contributed by atoms with Crippen LogP contribution in [0.15, 0.2) is 18.2 Å². The van der Waals surface area contributed by atoms with E-state index >= 15 is 0 Å². The van der Waals surface area contributed by atoms with Crippen LogP contribution in [-0.4, -0.2) is 35.8 Å². The van der Waals surface area contributed by atoms with Gasteiger partial charge in [-0.2, -0.15) is 9.97 Å². The summed E-state index contributed by atoms with van der Waals surface area (Å²) < 4.78 is 21.3. The number of anilines is 1. The summed E-state index contributed by atoms with van der Waals surface area (Å²) in [5, 5.41) is 0. The minimum Gasteiger partial charge on any atom is -0.493 e. The third-order valence-electron chi connectivity index (χ3n) is 2.46. The highest BCUT2D eigenvalue weighted by molar-refractivity contribution is 5.52. The van der Waals surface area contributed by atoms with Crippen molar-refractivity contribution in [3.8, 4) is 29.3 Å². The first-order chi connectivity index (χ1) is 10.2. The molecule has 0 unspecified atom stereocenters. The first-order valence-electron chi connectivity index (χ1n) is 6.21. The number of hydrogen-bond donors (Lipinski definition) is 1. The highest BCUT2D eigenvalue weighted by Crippen LogP contribution is 2.39. The van der Waals surface area contributed by atoms with Crippen LogP contribution in [0.4, 0.5) is 5.95 Å². The summed E-state index contributed by atoms with van der Waals surface area (Å²) >= 11 is 0. The molecule has 0 saturated heterocycles. The summed E-state index contributed by atoms with van der Waals surface area (Å²) in [5.41, 5.74) is 5.60. The number of methoxy groups -OCH3 is 2. The lowest BCUT2D eigenvalue weighted by Crippen LogP contribution is -2.05. The number of nitrogens with zero attached hydrogens (tertiary/aromatic N) is 3. The van der Waals surface area contributed by atoms with E-state index in [-0.39, 0.29) is 18.0 Å². The predicted octanol–water partition coefficient (Wildman–Crippen LogP) is 1.66. The molecule has 1 aromatic carbocycles. The molecule has 0 spiro atoms. The Morgan fingerprint density at radius 3 is 2.19 bits per heavy atom. The lowest BCUT2D eigenvalue weighted by molar-refractivity contribution is 0.298. The van der Waals surface area contributed by atoms with Crippen LogP contribution < -0.4 is 24.7 Å². The van der Waals surface area contributed by atoms with Crippen molar-refractivity contribution in [3.63, 3.8) is 0 Å². The normalized spacial score (nSPS) is 10.0. The van der Waals surface area contributed by atoms with Gasteiger partial charge in [0.25, 0.3) is 0 Å². The van der Waals surface area contributed by atoms with Gasteiger partial charge < -0.3 is 24.7 Å². The Kier molecular flexibility index (Phi) is 4.60.